The molecule has 10 heavy (non-hydrogen) atoms. The minimum absolute atomic E-state index is 0.323. The van der Waals surface area contributed by atoms with Crippen LogP contribution >= 0.6 is 0 Å². The van der Waals surface area contributed by atoms with Gasteiger partial charge in [0.15, 0.2) is 0 Å². The Morgan fingerprint density at radius 3 is 2.60 bits per heavy atom. The van der Waals surface area contributed by atoms with Crippen molar-refractivity contribution >= 4 is 5.84 Å². The van der Waals surface area contributed by atoms with Crippen LogP contribution in [0.4, 0.5) is 0 Å². The second-order valence-corrected chi connectivity index (χ2v) is 2.93. The summed E-state index contributed by atoms with van der Waals surface area (Å²) in [5.41, 5.74) is 5.20. The van der Waals surface area contributed by atoms with Gasteiger partial charge in [-0.25, -0.2) is 0 Å². The molecule has 0 aliphatic heterocycles. The zero-order chi connectivity index (χ0) is 7.98. The van der Waals surface area contributed by atoms with E-state index in [-0.39, 0.29) is 0 Å². The molecular formula is C8H18N2. The Bertz CT molecular complexity index is 99.4. The molecule has 0 aromatic rings. The molecular weight excluding hydrogens is 124 g/mol. The number of rotatable bonds is 5. The molecule has 1 unspecified atom stereocenters. The average molecular weight is 142 g/mol. The van der Waals surface area contributed by atoms with Gasteiger partial charge in [-0.15, -0.1) is 0 Å². The van der Waals surface area contributed by atoms with Crippen molar-refractivity contribution in [2.24, 2.45) is 11.7 Å². The summed E-state index contributed by atoms with van der Waals surface area (Å²) >= 11 is 0. The van der Waals surface area contributed by atoms with Crippen LogP contribution in [0.1, 0.15) is 39.5 Å². The van der Waals surface area contributed by atoms with Crippen molar-refractivity contribution in [3.05, 3.63) is 0 Å². The fraction of sp³-hybridized carbons (Fsp3) is 0.875. The number of hydrogen-bond donors (Lipinski definition) is 2. The van der Waals surface area contributed by atoms with Crippen molar-refractivity contribution in [3.63, 3.8) is 0 Å². The molecule has 0 aliphatic rings. The van der Waals surface area contributed by atoms with E-state index in [9.17, 15) is 0 Å². The van der Waals surface area contributed by atoms with E-state index in [0.717, 1.165) is 18.8 Å². The van der Waals surface area contributed by atoms with Gasteiger partial charge in [-0.2, -0.15) is 0 Å². The third-order valence-corrected chi connectivity index (χ3v) is 1.84. The monoisotopic (exact) mass is 142 g/mol. The standard InChI is InChI=1S/C8H18N2/c1-3-7(2)5-4-6-8(9)10/h7H,3-6H2,1-2H3,(H3,9,10). The zero-order valence-electron chi connectivity index (χ0n) is 6.98. The van der Waals surface area contributed by atoms with E-state index in [0.29, 0.717) is 5.84 Å². The Labute approximate surface area is 63.3 Å². The third-order valence-electron chi connectivity index (χ3n) is 1.84. The first-order valence-electron chi connectivity index (χ1n) is 3.99. The van der Waals surface area contributed by atoms with Crippen molar-refractivity contribution in [2.75, 3.05) is 0 Å². The summed E-state index contributed by atoms with van der Waals surface area (Å²) in [4.78, 5) is 0. The molecule has 0 radical (unpaired) electrons. The maximum atomic E-state index is 6.97. The molecule has 60 valence electrons. The highest BCUT2D eigenvalue weighted by molar-refractivity contribution is 5.76. The Hall–Kier alpha value is -0.530. The van der Waals surface area contributed by atoms with Gasteiger partial charge in [-0.05, 0) is 12.3 Å². The van der Waals surface area contributed by atoms with Crippen molar-refractivity contribution in [1.29, 1.82) is 5.41 Å². The number of amidine groups is 1. The molecule has 1 atom stereocenters. The molecule has 0 fully saturated rings. The van der Waals surface area contributed by atoms with E-state index >= 15 is 0 Å². The molecule has 0 amide bonds. The molecule has 0 rings (SSSR count). The lowest BCUT2D eigenvalue weighted by molar-refractivity contribution is 0.501. The van der Waals surface area contributed by atoms with Gasteiger partial charge in [0, 0.05) is 6.42 Å². The van der Waals surface area contributed by atoms with Crippen molar-refractivity contribution in [2.45, 2.75) is 39.5 Å². The summed E-state index contributed by atoms with van der Waals surface area (Å²) in [6.45, 7) is 4.43. The predicted molar refractivity (Wildman–Crippen MR) is 45.2 cm³/mol. The van der Waals surface area contributed by atoms with Crippen LogP contribution in [0.3, 0.4) is 0 Å². The smallest absolute Gasteiger partial charge is 0.0905 e. The van der Waals surface area contributed by atoms with E-state index in [4.69, 9.17) is 11.1 Å². The van der Waals surface area contributed by atoms with Gasteiger partial charge in [0.2, 0.25) is 0 Å². The molecule has 0 aromatic carbocycles. The molecule has 0 bridgehead atoms. The van der Waals surface area contributed by atoms with Gasteiger partial charge >= 0.3 is 0 Å². The van der Waals surface area contributed by atoms with E-state index in [2.05, 4.69) is 13.8 Å². The first kappa shape index (κ1) is 9.47. The largest absolute Gasteiger partial charge is 0.388 e. The fourth-order valence-corrected chi connectivity index (χ4v) is 0.845. The summed E-state index contributed by atoms with van der Waals surface area (Å²) in [7, 11) is 0. The highest BCUT2D eigenvalue weighted by atomic mass is 14.7. The lowest BCUT2D eigenvalue weighted by Gasteiger charge is -2.05. The maximum absolute atomic E-state index is 6.97. The lowest BCUT2D eigenvalue weighted by atomic mass is 10.0. The molecule has 2 nitrogen and oxygen atoms in total. The van der Waals surface area contributed by atoms with Crippen LogP contribution in [-0.4, -0.2) is 5.84 Å². The van der Waals surface area contributed by atoms with E-state index < -0.39 is 0 Å². The molecule has 0 aliphatic carbocycles. The van der Waals surface area contributed by atoms with E-state index in [1.54, 1.807) is 0 Å². The number of nitrogens with two attached hydrogens (primary N) is 1. The topological polar surface area (TPSA) is 49.9 Å². The second kappa shape index (κ2) is 5.27. The third kappa shape index (κ3) is 5.60. The Morgan fingerprint density at radius 2 is 2.20 bits per heavy atom. The fourth-order valence-electron chi connectivity index (χ4n) is 0.845. The highest BCUT2D eigenvalue weighted by Gasteiger charge is 1.97. The van der Waals surface area contributed by atoms with Gasteiger partial charge in [0.25, 0.3) is 0 Å². The summed E-state index contributed by atoms with van der Waals surface area (Å²) in [6, 6.07) is 0. The molecule has 0 saturated carbocycles. The maximum Gasteiger partial charge on any atom is 0.0905 e. The molecule has 0 heterocycles. The Kier molecular flexibility index (Phi) is 4.99. The van der Waals surface area contributed by atoms with Crippen LogP contribution in [0.2, 0.25) is 0 Å². The first-order chi connectivity index (χ1) is 4.66. The van der Waals surface area contributed by atoms with Crippen molar-refractivity contribution in [3.8, 4) is 0 Å². The minimum atomic E-state index is 0.323. The van der Waals surface area contributed by atoms with Crippen molar-refractivity contribution in [1.82, 2.24) is 0 Å². The molecule has 0 aromatic heterocycles. The van der Waals surface area contributed by atoms with Crippen LogP contribution in [0.25, 0.3) is 0 Å². The second-order valence-electron chi connectivity index (χ2n) is 2.93. The first-order valence-corrected chi connectivity index (χ1v) is 3.99. The summed E-state index contributed by atoms with van der Waals surface area (Å²) < 4.78 is 0. The SMILES string of the molecule is CCC(C)CCCC(=N)N. The van der Waals surface area contributed by atoms with Crippen LogP contribution in [0.15, 0.2) is 0 Å². The lowest BCUT2D eigenvalue weighted by Crippen LogP contribution is -2.09. The van der Waals surface area contributed by atoms with Gasteiger partial charge in [0.05, 0.1) is 5.84 Å². The van der Waals surface area contributed by atoms with Crippen LogP contribution in [0, 0.1) is 11.3 Å². The molecule has 3 N–H and O–H groups in total. The Balaban J connectivity index is 3.11. The number of hydrogen-bond acceptors (Lipinski definition) is 1. The summed E-state index contributed by atoms with van der Waals surface area (Å²) in [5, 5.41) is 6.97. The van der Waals surface area contributed by atoms with Gasteiger partial charge in [-0.3, -0.25) is 5.41 Å². The number of nitrogens with one attached hydrogen (secondary N) is 1. The summed E-state index contributed by atoms with van der Waals surface area (Å²) in [6.07, 6.45) is 4.28. The predicted octanol–water partition coefficient (Wildman–Crippen LogP) is 2.14. The molecule has 2 heteroatoms. The minimum Gasteiger partial charge on any atom is -0.388 e. The van der Waals surface area contributed by atoms with Crippen molar-refractivity contribution < 1.29 is 0 Å². The zero-order valence-corrected chi connectivity index (χ0v) is 6.98. The van der Waals surface area contributed by atoms with Crippen LogP contribution in [0.5, 0.6) is 0 Å². The molecule has 0 saturated heterocycles. The Morgan fingerprint density at radius 1 is 1.60 bits per heavy atom. The molecule has 0 spiro atoms. The van der Waals surface area contributed by atoms with Gasteiger partial charge in [0.1, 0.15) is 0 Å². The van der Waals surface area contributed by atoms with Crippen LogP contribution in [-0.2, 0) is 0 Å². The average Bonchev–Trinajstić information content (AvgIpc) is 1.87. The van der Waals surface area contributed by atoms with E-state index in [1.165, 1.54) is 12.8 Å². The van der Waals surface area contributed by atoms with Crippen LogP contribution < -0.4 is 5.73 Å². The van der Waals surface area contributed by atoms with Gasteiger partial charge < -0.3 is 5.73 Å². The quantitative estimate of drug-likeness (QED) is 0.448. The summed E-state index contributed by atoms with van der Waals surface area (Å²) in [5.74, 6) is 1.11. The highest BCUT2D eigenvalue weighted by Crippen LogP contribution is 2.10. The normalized spacial score (nSPS) is 13.0. The van der Waals surface area contributed by atoms with Gasteiger partial charge in [-0.1, -0.05) is 26.7 Å². The van der Waals surface area contributed by atoms with E-state index in [1.807, 2.05) is 0 Å².